The maximum absolute atomic E-state index is 12.8. The number of halogens is 2. The third kappa shape index (κ3) is 3.51. The summed E-state index contributed by atoms with van der Waals surface area (Å²) < 4.78 is 25.5. The Morgan fingerprint density at radius 3 is 2.40 bits per heavy atom. The van der Waals surface area contributed by atoms with E-state index in [0.717, 1.165) is 18.2 Å². The first kappa shape index (κ1) is 11.4. The number of carbonyl (C=O) groups excluding carboxylic acids is 1. The second-order valence-corrected chi connectivity index (χ2v) is 3.14. The van der Waals surface area contributed by atoms with Gasteiger partial charge in [0, 0.05) is 24.5 Å². The molecule has 0 atom stereocenters. The molecule has 0 bridgehead atoms. The van der Waals surface area contributed by atoms with Gasteiger partial charge in [0.25, 0.3) is 0 Å². The van der Waals surface area contributed by atoms with Gasteiger partial charge in [0.2, 0.25) is 0 Å². The predicted octanol–water partition coefficient (Wildman–Crippen LogP) is 2.95. The van der Waals surface area contributed by atoms with Crippen molar-refractivity contribution in [3.8, 4) is 12.3 Å². The minimum Gasteiger partial charge on any atom is -0.294 e. The highest BCUT2D eigenvalue weighted by Crippen LogP contribution is 2.11. The lowest BCUT2D eigenvalue weighted by atomic mass is 10.1. The molecule has 0 radical (unpaired) electrons. The van der Waals surface area contributed by atoms with Gasteiger partial charge in [0.1, 0.15) is 11.6 Å². The summed E-state index contributed by atoms with van der Waals surface area (Å²) in [6.07, 6.45) is 6.26. The molecule has 0 saturated carbocycles. The highest BCUT2D eigenvalue weighted by atomic mass is 19.1. The molecule has 0 saturated heterocycles. The lowest BCUT2D eigenvalue weighted by Crippen LogP contribution is -2.00. The number of ketones is 1. The number of unbranched alkanes of at least 4 members (excludes halogenated alkanes) is 1. The molecule has 15 heavy (non-hydrogen) atoms. The van der Waals surface area contributed by atoms with E-state index < -0.39 is 11.6 Å². The Bertz CT molecular complexity index is 384. The van der Waals surface area contributed by atoms with Gasteiger partial charge >= 0.3 is 0 Å². The number of rotatable bonds is 4. The lowest BCUT2D eigenvalue weighted by molar-refractivity contribution is 0.0979. The smallest absolute Gasteiger partial charge is 0.163 e. The van der Waals surface area contributed by atoms with Crippen molar-refractivity contribution >= 4 is 5.78 Å². The molecular formula is C12H10F2O. The molecule has 1 aromatic rings. The van der Waals surface area contributed by atoms with E-state index >= 15 is 0 Å². The van der Waals surface area contributed by atoms with E-state index in [4.69, 9.17) is 6.42 Å². The van der Waals surface area contributed by atoms with Gasteiger partial charge in [-0.15, -0.1) is 12.3 Å². The Morgan fingerprint density at radius 2 is 1.87 bits per heavy atom. The van der Waals surface area contributed by atoms with Gasteiger partial charge in [-0.1, -0.05) is 0 Å². The van der Waals surface area contributed by atoms with Crippen LogP contribution in [0, 0.1) is 24.0 Å². The van der Waals surface area contributed by atoms with Crippen LogP contribution in [-0.4, -0.2) is 5.78 Å². The van der Waals surface area contributed by atoms with E-state index in [9.17, 15) is 13.6 Å². The van der Waals surface area contributed by atoms with Gasteiger partial charge in [-0.2, -0.15) is 0 Å². The maximum atomic E-state index is 12.8. The summed E-state index contributed by atoms with van der Waals surface area (Å²) in [7, 11) is 0. The molecule has 1 nitrogen and oxygen atoms in total. The van der Waals surface area contributed by atoms with Crippen LogP contribution in [0.2, 0.25) is 0 Å². The SMILES string of the molecule is C#CCCCC(=O)c1cc(F)cc(F)c1. The number of Topliss-reactive ketones (excluding diaryl/α,β-unsaturated/α-hetero) is 1. The molecule has 0 amide bonds. The summed E-state index contributed by atoms with van der Waals surface area (Å²) in [5.74, 6) is 0.628. The molecule has 1 aromatic carbocycles. The molecule has 1 rings (SSSR count). The standard InChI is InChI=1S/C12H10F2O/c1-2-3-4-5-12(15)9-6-10(13)8-11(14)7-9/h1,6-8H,3-5H2. The van der Waals surface area contributed by atoms with Crippen LogP contribution in [0.15, 0.2) is 18.2 Å². The van der Waals surface area contributed by atoms with Gasteiger partial charge < -0.3 is 0 Å². The number of carbonyl (C=O) groups is 1. The van der Waals surface area contributed by atoms with Crippen LogP contribution < -0.4 is 0 Å². The second-order valence-electron chi connectivity index (χ2n) is 3.14. The lowest BCUT2D eigenvalue weighted by Gasteiger charge is -2.00. The quantitative estimate of drug-likeness (QED) is 0.422. The number of hydrogen-bond donors (Lipinski definition) is 0. The van der Waals surface area contributed by atoms with Crippen molar-refractivity contribution in [1.29, 1.82) is 0 Å². The number of benzene rings is 1. The first-order chi connectivity index (χ1) is 7.13. The van der Waals surface area contributed by atoms with Gasteiger partial charge in [-0.05, 0) is 18.6 Å². The van der Waals surface area contributed by atoms with Gasteiger partial charge in [0.05, 0.1) is 0 Å². The van der Waals surface area contributed by atoms with Crippen LogP contribution in [0.5, 0.6) is 0 Å². The first-order valence-electron chi connectivity index (χ1n) is 4.56. The Labute approximate surface area is 87.1 Å². The van der Waals surface area contributed by atoms with Crippen molar-refractivity contribution in [2.24, 2.45) is 0 Å². The van der Waals surface area contributed by atoms with Crippen LogP contribution in [0.3, 0.4) is 0 Å². The molecule has 3 heteroatoms. The molecule has 0 N–H and O–H groups in total. The zero-order chi connectivity index (χ0) is 11.3. The number of hydrogen-bond acceptors (Lipinski definition) is 1. The van der Waals surface area contributed by atoms with Crippen LogP contribution in [0.25, 0.3) is 0 Å². The van der Waals surface area contributed by atoms with Crippen molar-refractivity contribution in [3.05, 3.63) is 35.4 Å². The van der Waals surface area contributed by atoms with Gasteiger partial charge in [0.15, 0.2) is 5.78 Å². The van der Waals surface area contributed by atoms with Crippen LogP contribution in [0.1, 0.15) is 29.6 Å². The van der Waals surface area contributed by atoms with Crippen LogP contribution in [-0.2, 0) is 0 Å². The third-order valence-corrected chi connectivity index (χ3v) is 1.91. The predicted molar refractivity (Wildman–Crippen MR) is 53.4 cm³/mol. The van der Waals surface area contributed by atoms with E-state index in [1.165, 1.54) is 0 Å². The summed E-state index contributed by atoms with van der Waals surface area (Å²) in [5, 5.41) is 0. The van der Waals surface area contributed by atoms with E-state index in [1.54, 1.807) is 0 Å². The average molecular weight is 208 g/mol. The maximum Gasteiger partial charge on any atom is 0.163 e. The molecule has 0 aliphatic heterocycles. The molecule has 0 heterocycles. The number of terminal acetylenes is 1. The minimum atomic E-state index is -0.740. The second kappa shape index (κ2) is 5.26. The van der Waals surface area contributed by atoms with Crippen LogP contribution >= 0.6 is 0 Å². The van der Waals surface area contributed by atoms with Crippen molar-refractivity contribution in [2.45, 2.75) is 19.3 Å². The van der Waals surface area contributed by atoms with E-state index in [1.807, 2.05) is 0 Å². The normalized spacial score (nSPS) is 9.67. The summed E-state index contributed by atoms with van der Waals surface area (Å²) in [4.78, 5) is 11.4. The fraction of sp³-hybridized carbons (Fsp3) is 0.250. The Morgan fingerprint density at radius 1 is 1.27 bits per heavy atom. The summed E-state index contributed by atoms with van der Waals surface area (Å²) in [6, 6.07) is 2.79. The summed E-state index contributed by atoms with van der Waals surface area (Å²) in [6.45, 7) is 0. The highest BCUT2D eigenvalue weighted by Gasteiger charge is 2.08. The average Bonchev–Trinajstić information content (AvgIpc) is 2.16. The van der Waals surface area contributed by atoms with Crippen molar-refractivity contribution in [2.75, 3.05) is 0 Å². The van der Waals surface area contributed by atoms with Crippen LogP contribution in [0.4, 0.5) is 8.78 Å². The third-order valence-electron chi connectivity index (χ3n) is 1.91. The monoisotopic (exact) mass is 208 g/mol. The van der Waals surface area contributed by atoms with E-state index in [-0.39, 0.29) is 17.8 Å². The molecule has 0 aliphatic carbocycles. The Hall–Kier alpha value is -1.69. The topological polar surface area (TPSA) is 17.1 Å². The van der Waals surface area contributed by atoms with Crippen molar-refractivity contribution < 1.29 is 13.6 Å². The zero-order valence-electron chi connectivity index (χ0n) is 8.09. The fourth-order valence-corrected chi connectivity index (χ4v) is 1.21. The van der Waals surface area contributed by atoms with E-state index in [2.05, 4.69) is 5.92 Å². The van der Waals surface area contributed by atoms with Gasteiger partial charge in [-0.3, -0.25) is 4.79 Å². The molecule has 0 spiro atoms. The van der Waals surface area contributed by atoms with Crippen molar-refractivity contribution in [1.82, 2.24) is 0 Å². The Kier molecular flexibility index (Phi) is 3.99. The van der Waals surface area contributed by atoms with Gasteiger partial charge in [-0.25, -0.2) is 8.78 Å². The molecule has 0 fully saturated rings. The van der Waals surface area contributed by atoms with E-state index in [0.29, 0.717) is 12.8 Å². The molecular weight excluding hydrogens is 198 g/mol. The zero-order valence-corrected chi connectivity index (χ0v) is 8.09. The molecule has 0 aliphatic rings. The summed E-state index contributed by atoms with van der Waals surface area (Å²) >= 11 is 0. The highest BCUT2D eigenvalue weighted by molar-refractivity contribution is 5.96. The Balaban J connectivity index is 2.70. The molecule has 0 unspecified atom stereocenters. The largest absolute Gasteiger partial charge is 0.294 e. The minimum absolute atomic E-state index is 0.0597. The summed E-state index contributed by atoms with van der Waals surface area (Å²) in [5.41, 5.74) is 0.0597. The first-order valence-corrected chi connectivity index (χ1v) is 4.56. The fourth-order valence-electron chi connectivity index (χ4n) is 1.21. The van der Waals surface area contributed by atoms with Crippen molar-refractivity contribution in [3.63, 3.8) is 0 Å². The molecule has 0 aromatic heterocycles. The molecule has 78 valence electrons.